The van der Waals surface area contributed by atoms with Crippen molar-refractivity contribution in [2.75, 3.05) is 13.2 Å². The molecule has 0 fully saturated rings. The molecular weight excluding hydrogens is 496 g/mol. The number of hydrogen-bond acceptors (Lipinski definition) is 6. The third-order valence-electron chi connectivity index (χ3n) is 7.10. The third-order valence-corrected chi connectivity index (χ3v) is 7.33. The van der Waals surface area contributed by atoms with Crippen molar-refractivity contribution in [2.45, 2.75) is 57.8 Å². The predicted molar refractivity (Wildman–Crippen MR) is 153 cm³/mol. The van der Waals surface area contributed by atoms with E-state index in [0.717, 1.165) is 71.0 Å². The second-order valence-corrected chi connectivity index (χ2v) is 11.8. The maximum Gasteiger partial charge on any atom is 0.143 e. The van der Waals surface area contributed by atoms with Crippen LogP contribution < -0.4 is 18.9 Å². The van der Waals surface area contributed by atoms with E-state index in [4.69, 9.17) is 18.9 Å². The lowest BCUT2D eigenvalue weighted by Crippen LogP contribution is -2.15. The second-order valence-electron chi connectivity index (χ2n) is 10.6. The van der Waals surface area contributed by atoms with Gasteiger partial charge >= 0.3 is 0 Å². The van der Waals surface area contributed by atoms with E-state index < -0.39 is 0 Å². The van der Waals surface area contributed by atoms with Gasteiger partial charge in [0, 0.05) is 39.1 Å². The first-order chi connectivity index (χ1) is 18.2. The SMILES string of the molecule is Cc1ccc(OCCC(C)(C)S)cc1Oc1ccc(C)c2c1CC[C@H]2Oc1ccc2c(c1)OC/C2=C\C=O. The standard InChI is InChI=1S/C32H34O5S/c1-20-5-7-23(34-16-14-32(3,4)38)17-29(20)37-27-11-6-21(2)31-26(27)10-12-28(31)36-24-8-9-25-22(13-15-33)19-35-30(25)18-24/h5-9,11,13,15,17-18,28,38H,10,12,14,16,19H2,1-4H3/b22-13+/t28-/m1/s1. The van der Waals surface area contributed by atoms with Crippen LogP contribution in [0.2, 0.25) is 0 Å². The Morgan fingerprint density at radius 1 is 1.03 bits per heavy atom. The van der Waals surface area contributed by atoms with Gasteiger partial charge in [-0.2, -0.15) is 12.6 Å². The lowest BCUT2D eigenvalue weighted by atomic mass is 10.0. The summed E-state index contributed by atoms with van der Waals surface area (Å²) in [6, 6.07) is 16.0. The normalized spacial score (nSPS) is 17.1. The fraction of sp³-hybridized carbons (Fsp3) is 0.344. The van der Waals surface area contributed by atoms with E-state index in [-0.39, 0.29) is 10.9 Å². The lowest BCUT2D eigenvalue weighted by molar-refractivity contribution is -0.104. The molecule has 38 heavy (non-hydrogen) atoms. The number of carbonyl (C=O) groups is 1. The summed E-state index contributed by atoms with van der Waals surface area (Å²) in [5, 5.41) is 0. The molecule has 0 spiro atoms. The summed E-state index contributed by atoms with van der Waals surface area (Å²) >= 11 is 4.58. The van der Waals surface area contributed by atoms with Crippen molar-refractivity contribution in [3.05, 3.63) is 82.4 Å². The fourth-order valence-electron chi connectivity index (χ4n) is 5.00. The van der Waals surface area contributed by atoms with Gasteiger partial charge in [0.1, 0.15) is 47.7 Å². The second kappa shape index (κ2) is 10.8. The van der Waals surface area contributed by atoms with E-state index in [9.17, 15) is 4.79 Å². The first-order valence-electron chi connectivity index (χ1n) is 13.1. The van der Waals surface area contributed by atoms with Crippen LogP contribution in [0.4, 0.5) is 0 Å². The van der Waals surface area contributed by atoms with Gasteiger partial charge in [0.15, 0.2) is 0 Å². The molecule has 1 aliphatic carbocycles. The van der Waals surface area contributed by atoms with E-state index in [1.165, 1.54) is 16.7 Å². The Kier molecular flexibility index (Phi) is 7.44. The van der Waals surface area contributed by atoms with E-state index in [2.05, 4.69) is 45.5 Å². The summed E-state index contributed by atoms with van der Waals surface area (Å²) < 4.78 is 24.6. The van der Waals surface area contributed by atoms with Gasteiger partial charge in [-0.1, -0.05) is 26.0 Å². The summed E-state index contributed by atoms with van der Waals surface area (Å²) in [6.45, 7) is 9.33. The molecule has 0 unspecified atom stereocenters. The summed E-state index contributed by atoms with van der Waals surface area (Å²) in [5.41, 5.74) is 6.44. The highest BCUT2D eigenvalue weighted by molar-refractivity contribution is 7.81. The molecule has 0 N–H and O–H groups in total. The number of allylic oxidation sites excluding steroid dienone is 1. The zero-order valence-electron chi connectivity index (χ0n) is 22.4. The van der Waals surface area contributed by atoms with E-state index >= 15 is 0 Å². The Morgan fingerprint density at radius 2 is 1.82 bits per heavy atom. The molecule has 0 aromatic heterocycles. The number of rotatable bonds is 9. The first kappa shape index (κ1) is 26.2. The molecule has 0 saturated heterocycles. The zero-order chi connectivity index (χ0) is 26.9. The van der Waals surface area contributed by atoms with Crippen LogP contribution in [0.15, 0.2) is 54.6 Å². The Morgan fingerprint density at radius 3 is 2.61 bits per heavy atom. The number of aryl methyl sites for hydroxylation is 2. The lowest BCUT2D eigenvalue weighted by Gasteiger charge is -2.19. The molecule has 2 aliphatic rings. The minimum absolute atomic E-state index is 0.0710. The van der Waals surface area contributed by atoms with Crippen molar-refractivity contribution >= 4 is 24.5 Å². The molecule has 198 valence electrons. The van der Waals surface area contributed by atoms with Gasteiger partial charge in [-0.25, -0.2) is 0 Å². The molecule has 5 rings (SSSR count). The summed E-state index contributed by atoms with van der Waals surface area (Å²) in [4.78, 5) is 10.9. The monoisotopic (exact) mass is 530 g/mol. The highest BCUT2D eigenvalue weighted by atomic mass is 32.1. The number of aldehydes is 1. The number of fused-ring (bicyclic) bond motifs is 2. The van der Waals surface area contributed by atoms with Crippen LogP contribution in [0.3, 0.4) is 0 Å². The molecule has 3 aromatic rings. The number of ether oxygens (including phenoxy) is 4. The largest absolute Gasteiger partial charge is 0.493 e. The maximum absolute atomic E-state index is 10.9. The van der Waals surface area contributed by atoms with Gasteiger partial charge in [-0.15, -0.1) is 0 Å². The van der Waals surface area contributed by atoms with E-state index in [1.54, 1.807) is 6.08 Å². The smallest absolute Gasteiger partial charge is 0.143 e. The minimum atomic E-state index is -0.0751. The molecule has 0 bridgehead atoms. The Bertz CT molecular complexity index is 1390. The van der Waals surface area contributed by atoms with Crippen LogP contribution in [0.1, 0.15) is 60.6 Å². The number of thiol groups is 1. The van der Waals surface area contributed by atoms with E-state index in [1.807, 2.05) is 43.3 Å². The van der Waals surface area contributed by atoms with Crippen molar-refractivity contribution in [2.24, 2.45) is 0 Å². The molecule has 6 heteroatoms. The number of carbonyl (C=O) groups excluding carboxylic acids is 1. The van der Waals surface area contributed by atoms with Crippen molar-refractivity contribution < 1.29 is 23.7 Å². The molecule has 0 radical (unpaired) electrons. The Hall–Kier alpha value is -3.38. The predicted octanol–water partition coefficient (Wildman–Crippen LogP) is 7.61. The number of hydrogen-bond donors (Lipinski definition) is 1. The molecule has 3 aromatic carbocycles. The molecule has 1 heterocycles. The average Bonchev–Trinajstić information content (AvgIpc) is 3.47. The summed E-state index contributed by atoms with van der Waals surface area (Å²) in [5.74, 6) is 3.94. The van der Waals surface area contributed by atoms with Crippen LogP contribution in [0.25, 0.3) is 5.57 Å². The Labute approximate surface area is 230 Å². The zero-order valence-corrected chi connectivity index (χ0v) is 23.3. The fourth-order valence-corrected chi connectivity index (χ4v) is 5.09. The Balaban J connectivity index is 1.34. The molecule has 0 saturated carbocycles. The van der Waals surface area contributed by atoms with Gasteiger partial charge in [-0.05, 0) is 74.6 Å². The van der Waals surface area contributed by atoms with Gasteiger partial charge in [0.25, 0.3) is 0 Å². The highest BCUT2D eigenvalue weighted by Crippen LogP contribution is 2.44. The third kappa shape index (κ3) is 5.70. The average molecular weight is 531 g/mol. The van der Waals surface area contributed by atoms with Crippen LogP contribution in [0.5, 0.6) is 28.7 Å². The van der Waals surface area contributed by atoms with Crippen LogP contribution in [0, 0.1) is 13.8 Å². The summed E-state index contributed by atoms with van der Waals surface area (Å²) in [7, 11) is 0. The minimum Gasteiger partial charge on any atom is -0.493 e. The topological polar surface area (TPSA) is 54.0 Å². The van der Waals surface area contributed by atoms with Crippen molar-refractivity contribution in [3.8, 4) is 28.7 Å². The molecule has 1 atom stereocenters. The summed E-state index contributed by atoms with van der Waals surface area (Å²) in [6.07, 6.45) is 4.86. The van der Waals surface area contributed by atoms with Gasteiger partial charge < -0.3 is 18.9 Å². The quantitative estimate of drug-likeness (QED) is 0.175. The van der Waals surface area contributed by atoms with Gasteiger partial charge in [0.2, 0.25) is 0 Å². The van der Waals surface area contributed by atoms with Gasteiger partial charge in [0.05, 0.1) is 6.61 Å². The molecule has 5 nitrogen and oxygen atoms in total. The van der Waals surface area contributed by atoms with Crippen molar-refractivity contribution in [1.82, 2.24) is 0 Å². The molecular formula is C32H34O5S. The van der Waals surface area contributed by atoms with Gasteiger partial charge in [-0.3, -0.25) is 4.79 Å². The van der Waals surface area contributed by atoms with Crippen molar-refractivity contribution in [3.63, 3.8) is 0 Å². The van der Waals surface area contributed by atoms with Crippen LogP contribution in [-0.4, -0.2) is 24.2 Å². The van der Waals surface area contributed by atoms with E-state index in [0.29, 0.717) is 13.2 Å². The first-order valence-corrected chi connectivity index (χ1v) is 13.5. The molecule has 1 aliphatic heterocycles. The highest BCUT2D eigenvalue weighted by Gasteiger charge is 2.30. The van der Waals surface area contributed by atoms with Crippen LogP contribution >= 0.6 is 12.6 Å². The van der Waals surface area contributed by atoms with Crippen LogP contribution in [-0.2, 0) is 11.2 Å². The maximum atomic E-state index is 10.9. The molecule has 0 amide bonds. The number of benzene rings is 3. The van der Waals surface area contributed by atoms with Crippen molar-refractivity contribution in [1.29, 1.82) is 0 Å².